The van der Waals surface area contributed by atoms with Crippen LogP contribution in [0.3, 0.4) is 0 Å². The van der Waals surface area contributed by atoms with E-state index in [1.54, 1.807) is 0 Å². The first kappa shape index (κ1) is 39.6. The zero-order chi connectivity index (χ0) is 37.7. The summed E-state index contributed by atoms with van der Waals surface area (Å²) < 4.78 is 38.8. The summed E-state index contributed by atoms with van der Waals surface area (Å²) in [5.41, 5.74) is -1.10. The largest absolute Gasteiger partial charge is 0.501 e. The van der Waals surface area contributed by atoms with Gasteiger partial charge in [0.05, 0.1) is 12.8 Å². The van der Waals surface area contributed by atoms with E-state index >= 15 is 0 Å². The number of carbonyl (C=O) groups is 3. The number of halogens is 2. The minimum atomic E-state index is -0.816. The summed E-state index contributed by atoms with van der Waals surface area (Å²) in [5.74, 6) is -3.50. The van der Waals surface area contributed by atoms with Crippen molar-refractivity contribution in [3.63, 3.8) is 0 Å². The molecule has 2 amide bonds. The number of hydrogen-bond donors (Lipinski definition) is 4. The molecule has 2 heterocycles. The van der Waals surface area contributed by atoms with Gasteiger partial charge in [0.1, 0.15) is 29.6 Å². The van der Waals surface area contributed by atoms with Crippen LogP contribution in [-0.2, 0) is 54.3 Å². The highest BCUT2D eigenvalue weighted by atomic mass is 19.1. The molecular formula is C34H38F2N6O9. The summed E-state index contributed by atoms with van der Waals surface area (Å²) in [6.07, 6.45) is -0.123. The van der Waals surface area contributed by atoms with Crippen LogP contribution in [0.25, 0.3) is 0 Å². The monoisotopic (exact) mass is 712 g/mol. The predicted molar refractivity (Wildman–Crippen MR) is 178 cm³/mol. The Balaban J connectivity index is 0.000000281. The summed E-state index contributed by atoms with van der Waals surface area (Å²) in [6, 6.07) is 11.1. The molecule has 0 aliphatic heterocycles. The molecular weight excluding hydrogens is 674 g/mol. The van der Waals surface area contributed by atoms with Gasteiger partial charge >= 0.3 is 0 Å². The fourth-order valence-electron chi connectivity index (χ4n) is 4.45. The number of nitrogens with one attached hydrogen (secondary N) is 2. The van der Waals surface area contributed by atoms with Gasteiger partial charge in [-0.05, 0) is 49.2 Å². The lowest BCUT2D eigenvalue weighted by atomic mass is 10.2. The first-order chi connectivity index (χ1) is 24.3. The first-order valence-corrected chi connectivity index (χ1v) is 15.6. The Bertz CT molecular complexity index is 1940. The van der Waals surface area contributed by atoms with Crippen LogP contribution < -0.4 is 21.8 Å². The molecule has 0 unspecified atom stereocenters. The molecule has 0 bridgehead atoms. The summed E-state index contributed by atoms with van der Waals surface area (Å²) >= 11 is 0. The van der Waals surface area contributed by atoms with Crippen LogP contribution in [0.15, 0.2) is 58.1 Å². The van der Waals surface area contributed by atoms with Crippen molar-refractivity contribution >= 4 is 18.1 Å². The molecule has 4 N–H and O–H groups in total. The van der Waals surface area contributed by atoms with E-state index in [0.717, 1.165) is 9.13 Å². The van der Waals surface area contributed by atoms with Crippen molar-refractivity contribution in [2.24, 2.45) is 14.1 Å². The number of aromatic nitrogens is 4. The highest BCUT2D eigenvalue weighted by Crippen LogP contribution is 2.13. The SMILES string of the molecule is CCOC(Cc1nc(C(=O)NCc2ccc(F)cc2)c(O)c(=O)n1C)OCC.Cn1c(CC=O)nc(C(=O)NCc2ccc(F)cc2)c(O)c1=O. The second-order valence-electron chi connectivity index (χ2n) is 10.7. The van der Waals surface area contributed by atoms with E-state index in [-0.39, 0.29) is 49.1 Å². The number of carbonyl (C=O) groups excluding carboxylic acids is 3. The van der Waals surface area contributed by atoms with Gasteiger partial charge in [0, 0.05) is 40.4 Å². The molecule has 0 fully saturated rings. The summed E-state index contributed by atoms with van der Waals surface area (Å²) in [5, 5.41) is 24.9. The van der Waals surface area contributed by atoms with Crippen LogP contribution in [-0.4, -0.2) is 66.9 Å². The normalized spacial score (nSPS) is 10.7. The third-order valence-corrected chi connectivity index (χ3v) is 7.20. The van der Waals surface area contributed by atoms with E-state index in [4.69, 9.17) is 9.47 Å². The third kappa shape index (κ3) is 10.8. The summed E-state index contributed by atoms with van der Waals surface area (Å²) in [4.78, 5) is 67.2. The van der Waals surface area contributed by atoms with Crippen molar-refractivity contribution < 1.29 is 42.9 Å². The Hall–Kier alpha value is -5.81. The van der Waals surface area contributed by atoms with E-state index in [0.29, 0.717) is 30.6 Å². The van der Waals surface area contributed by atoms with Crippen LogP contribution in [0.2, 0.25) is 0 Å². The molecule has 0 spiro atoms. The lowest BCUT2D eigenvalue weighted by molar-refractivity contribution is -0.135. The quantitative estimate of drug-likeness (QED) is 0.110. The lowest BCUT2D eigenvalue weighted by Crippen LogP contribution is -2.32. The average Bonchev–Trinajstić information content (AvgIpc) is 3.11. The molecule has 272 valence electrons. The van der Waals surface area contributed by atoms with Crippen molar-refractivity contribution in [3.8, 4) is 11.5 Å². The molecule has 0 aliphatic rings. The fraction of sp³-hybridized carbons (Fsp3) is 0.324. The molecule has 2 aromatic carbocycles. The Kier molecular flexibility index (Phi) is 14.6. The zero-order valence-corrected chi connectivity index (χ0v) is 28.3. The third-order valence-electron chi connectivity index (χ3n) is 7.20. The van der Waals surface area contributed by atoms with E-state index in [1.165, 1.54) is 62.6 Å². The number of hydrogen-bond acceptors (Lipinski definition) is 11. The van der Waals surface area contributed by atoms with Gasteiger partial charge in [0.2, 0.25) is 11.5 Å². The van der Waals surface area contributed by atoms with Crippen molar-refractivity contribution in [1.82, 2.24) is 29.7 Å². The fourth-order valence-corrected chi connectivity index (χ4v) is 4.45. The standard InChI is InChI=1S/C19H24FN3O5.C15H14FN3O4/c1-4-27-15(28-5-2)10-14-22-16(17(24)19(26)23(14)3)18(25)21-11-12-6-8-13(20)9-7-12;1-19-11(6-7-20)18-12(13(21)15(19)23)14(22)17-8-9-2-4-10(16)5-3-9/h6-9,15,24H,4-5,10-11H2,1-3H3,(H,21,25);2-5,7,21H,6,8H2,1H3,(H,17,22). The number of rotatable bonds is 14. The maximum Gasteiger partial charge on any atom is 0.296 e. The molecule has 15 nitrogen and oxygen atoms in total. The van der Waals surface area contributed by atoms with Crippen LogP contribution in [0.5, 0.6) is 11.5 Å². The predicted octanol–water partition coefficient (Wildman–Crippen LogP) is 1.79. The highest BCUT2D eigenvalue weighted by Gasteiger charge is 2.23. The van der Waals surface area contributed by atoms with Crippen LogP contribution in [0, 0.1) is 11.6 Å². The minimum Gasteiger partial charge on any atom is -0.501 e. The topological polar surface area (TPSA) is 204 Å². The van der Waals surface area contributed by atoms with Crippen LogP contribution in [0.4, 0.5) is 8.78 Å². The van der Waals surface area contributed by atoms with Gasteiger partial charge in [-0.25, -0.2) is 18.7 Å². The highest BCUT2D eigenvalue weighted by molar-refractivity contribution is 5.95. The van der Waals surface area contributed by atoms with Crippen LogP contribution in [0.1, 0.15) is 57.6 Å². The molecule has 2 aromatic heterocycles. The second-order valence-corrected chi connectivity index (χ2v) is 10.7. The Morgan fingerprint density at radius 1 is 0.765 bits per heavy atom. The molecule has 4 rings (SSSR count). The van der Waals surface area contributed by atoms with E-state index < -0.39 is 52.2 Å². The van der Waals surface area contributed by atoms with Crippen molar-refractivity contribution in [1.29, 1.82) is 0 Å². The number of benzene rings is 2. The van der Waals surface area contributed by atoms with E-state index in [1.807, 2.05) is 13.8 Å². The molecule has 0 saturated carbocycles. The maximum atomic E-state index is 13.0. The number of amides is 2. The van der Waals surface area contributed by atoms with E-state index in [9.17, 15) is 43.0 Å². The molecule has 4 aromatic rings. The number of aromatic hydroxyl groups is 2. The van der Waals surface area contributed by atoms with Gasteiger partial charge in [-0.1, -0.05) is 24.3 Å². The Morgan fingerprint density at radius 3 is 1.55 bits per heavy atom. The number of nitrogens with zero attached hydrogens (tertiary/aromatic N) is 4. The van der Waals surface area contributed by atoms with Gasteiger partial charge in [-0.3, -0.25) is 28.3 Å². The van der Waals surface area contributed by atoms with Gasteiger partial charge in [0.15, 0.2) is 17.7 Å². The summed E-state index contributed by atoms with van der Waals surface area (Å²) in [7, 11) is 2.79. The second kappa shape index (κ2) is 18.8. The smallest absolute Gasteiger partial charge is 0.296 e. The van der Waals surface area contributed by atoms with Crippen molar-refractivity contribution in [3.05, 3.63) is 115 Å². The molecule has 0 saturated heterocycles. The zero-order valence-electron chi connectivity index (χ0n) is 28.3. The summed E-state index contributed by atoms with van der Waals surface area (Å²) in [6.45, 7) is 4.58. The van der Waals surface area contributed by atoms with Gasteiger partial charge in [-0.2, -0.15) is 0 Å². The van der Waals surface area contributed by atoms with Crippen LogP contribution >= 0.6 is 0 Å². The minimum absolute atomic E-state index is 0.0646. The molecule has 0 radical (unpaired) electrons. The van der Waals surface area contributed by atoms with Gasteiger partial charge in [-0.15, -0.1) is 0 Å². The molecule has 17 heteroatoms. The van der Waals surface area contributed by atoms with Gasteiger partial charge in [0.25, 0.3) is 22.9 Å². The Morgan fingerprint density at radius 2 is 1.16 bits per heavy atom. The molecule has 0 atom stereocenters. The lowest BCUT2D eigenvalue weighted by Gasteiger charge is -2.18. The van der Waals surface area contributed by atoms with E-state index in [2.05, 4.69) is 20.6 Å². The molecule has 0 aliphatic carbocycles. The maximum absolute atomic E-state index is 13.0. The molecule has 51 heavy (non-hydrogen) atoms. The number of aldehydes is 1. The Labute approximate surface area is 290 Å². The van der Waals surface area contributed by atoms with Gasteiger partial charge < -0.3 is 35.1 Å². The van der Waals surface area contributed by atoms with Crippen molar-refractivity contribution in [2.45, 2.75) is 46.1 Å². The number of ether oxygens (including phenoxy) is 2. The first-order valence-electron chi connectivity index (χ1n) is 15.6. The van der Waals surface area contributed by atoms with Crippen molar-refractivity contribution in [2.75, 3.05) is 13.2 Å². The average molecular weight is 713 g/mol.